The molecule has 1 aromatic rings. The van der Waals surface area contributed by atoms with Gasteiger partial charge in [-0.05, 0) is 44.4 Å². The maximum absolute atomic E-state index is 9.44. The Morgan fingerprint density at radius 2 is 2.19 bits per heavy atom. The van der Waals surface area contributed by atoms with Crippen LogP contribution in [0.4, 0.5) is 0 Å². The van der Waals surface area contributed by atoms with Gasteiger partial charge in [0, 0.05) is 12.6 Å². The van der Waals surface area contributed by atoms with Gasteiger partial charge in [-0.1, -0.05) is 26.7 Å². The molecular weight excluding hydrogens is 284 g/mol. The molecular formula is C15H28N4OS. The van der Waals surface area contributed by atoms with E-state index in [4.69, 9.17) is 12.2 Å². The molecule has 0 saturated heterocycles. The molecule has 0 amide bonds. The van der Waals surface area contributed by atoms with Gasteiger partial charge in [-0.15, -0.1) is 0 Å². The van der Waals surface area contributed by atoms with Gasteiger partial charge in [-0.25, -0.2) is 4.68 Å². The number of rotatable bonds is 6. The second kappa shape index (κ2) is 7.51. The maximum atomic E-state index is 9.44. The first kappa shape index (κ1) is 16.6. The Morgan fingerprint density at radius 3 is 2.81 bits per heavy atom. The largest absolute Gasteiger partial charge is 0.388 e. The third-order valence-electron chi connectivity index (χ3n) is 4.48. The Labute approximate surface area is 132 Å². The molecule has 2 unspecified atom stereocenters. The molecule has 6 heteroatoms. The van der Waals surface area contributed by atoms with Crippen LogP contribution >= 0.6 is 12.2 Å². The Kier molecular flexibility index (Phi) is 5.96. The van der Waals surface area contributed by atoms with Crippen molar-refractivity contribution in [3.8, 4) is 0 Å². The molecule has 21 heavy (non-hydrogen) atoms. The fraction of sp³-hybridized carbons (Fsp3) is 0.867. The molecule has 1 aliphatic rings. The van der Waals surface area contributed by atoms with Crippen molar-refractivity contribution < 1.29 is 5.11 Å². The van der Waals surface area contributed by atoms with E-state index in [-0.39, 0.29) is 6.61 Å². The van der Waals surface area contributed by atoms with Crippen molar-refractivity contribution in [2.45, 2.75) is 71.8 Å². The standard InChI is InChI=1S/C15H28N4OS/c1-4-8-18-14(10-20)16-19(15(18)21)11-17(3)13-7-5-6-12(2)9-13/h12-13,20H,4-11H2,1-3H3. The molecule has 1 fully saturated rings. The van der Waals surface area contributed by atoms with Crippen LogP contribution in [0.25, 0.3) is 0 Å². The average molecular weight is 312 g/mol. The third kappa shape index (κ3) is 3.93. The van der Waals surface area contributed by atoms with Gasteiger partial charge in [0.25, 0.3) is 0 Å². The summed E-state index contributed by atoms with van der Waals surface area (Å²) < 4.78 is 4.53. The summed E-state index contributed by atoms with van der Waals surface area (Å²) in [7, 11) is 2.15. The number of aromatic nitrogens is 3. The highest BCUT2D eigenvalue weighted by molar-refractivity contribution is 7.71. The molecule has 1 saturated carbocycles. The van der Waals surface area contributed by atoms with E-state index in [1.807, 2.05) is 9.25 Å². The van der Waals surface area contributed by atoms with Crippen LogP contribution < -0.4 is 0 Å². The van der Waals surface area contributed by atoms with Crippen molar-refractivity contribution in [2.24, 2.45) is 5.92 Å². The molecule has 2 atom stereocenters. The number of nitrogens with zero attached hydrogens (tertiary/aromatic N) is 4. The Balaban J connectivity index is 2.10. The SMILES string of the molecule is CCCn1c(CO)nn(CN(C)C2CCCC(C)C2)c1=S. The van der Waals surface area contributed by atoms with Crippen LogP contribution in [-0.4, -0.2) is 37.4 Å². The first-order chi connectivity index (χ1) is 10.1. The Bertz CT molecular complexity index is 510. The number of aliphatic hydroxyl groups is 1. The zero-order valence-electron chi connectivity index (χ0n) is 13.5. The van der Waals surface area contributed by atoms with Gasteiger partial charge in [-0.2, -0.15) is 5.10 Å². The van der Waals surface area contributed by atoms with Gasteiger partial charge in [0.1, 0.15) is 6.61 Å². The molecule has 0 aromatic carbocycles. The van der Waals surface area contributed by atoms with Crippen LogP contribution in [0.5, 0.6) is 0 Å². The molecule has 5 nitrogen and oxygen atoms in total. The van der Waals surface area contributed by atoms with Crippen LogP contribution in [0.3, 0.4) is 0 Å². The summed E-state index contributed by atoms with van der Waals surface area (Å²) in [6.45, 7) is 5.92. The fourth-order valence-corrected chi connectivity index (χ4v) is 3.57. The van der Waals surface area contributed by atoms with Crippen LogP contribution in [-0.2, 0) is 19.8 Å². The van der Waals surface area contributed by atoms with Gasteiger partial charge >= 0.3 is 0 Å². The summed E-state index contributed by atoms with van der Waals surface area (Å²) in [5.41, 5.74) is 0. The van der Waals surface area contributed by atoms with Crippen molar-refractivity contribution >= 4 is 12.2 Å². The van der Waals surface area contributed by atoms with Crippen LogP contribution in [0.2, 0.25) is 0 Å². The second-order valence-corrected chi connectivity index (χ2v) is 6.70. The molecule has 120 valence electrons. The van der Waals surface area contributed by atoms with Crippen LogP contribution in [0.15, 0.2) is 0 Å². The molecule has 1 aromatic heterocycles. The summed E-state index contributed by atoms with van der Waals surface area (Å²) in [6, 6.07) is 0.615. The minimum absolute atomic E-state index is 0.0547. The highest BCUT2D eigenvalue weighted by Gasteiger charge is 2.23. The lowest BCUT2D eigenvalue weighted by atomic mass is 9.86. The van der Waals surface area contributed by atoms with Gasteiger partial charge in [0.15, 0.2) is 10.6 Å². The smallest absolute Gasteiger partial charge is 0.199 e. The van der Waals surface area contributed by atoms with Crippen molar-refractivity contribution in [2.75, 3.05) is 7.05 Å². The van der Waals surface area contributed by atoms with Gasteiger partial charge in [0.2, 0.25) is 0 Å². The lowest BCUT2D eigenvalue weighted by molar-refractivity contribution is 0.125. The van der Waals surface area contributed by atoms with E-state index in [1.165, 1.54) is 25.7 Å². The summed E-state index contributed by atoms with van der Waals surface area (Å²) in [5, 5.41) is 13.9. The van der Waals surface area contributed by atoms with Crippen molar-refractivity contribution in [1.29, 1.82) is 0 Å². The lowest BCUT2D eigenvalue weighted by Crippen LogP contribution is -2.37. The fourth-order valence-electron chi connectivity index (χ4n) is 3.27. The quantitative estimate of drug-likeness (QED) is 0.821. The van der Waals surface area contributed by atoms with E-state index >= 15 is 0 Å². The van der Waals surface area contributed by atoms with Crippen molar-refractivity contribution in [3.63, 3.8) is 0 Å². The average Bonchev–Trinajstić information content (AvgIpc) is 2.76. The van der Waals surface area contributed by atoms with E-state index in [0.29, 0.717) is 18.5 Å². The van der Waals surface area contributed by atoms with Gasteiger partial charge < -0.3 is 9.67 Å². The predicted octanol–water partition coefficient (Wildman–Crippen LogP) is 2.78. The van der Waals surface area contributed by atoms with E-state index < -0.39 is 0 Å². The Hall–Kier alpha value is -0.720. The molecule has 2 rings (SSSR count). The molecule has 0 spiro atoms. The van der Waals surface area contributed by atoms with Crippen LogP contribution in [0.1, 0.15) is 51.8 Å². The number of hydrogen-bond acceptors (Lipinski definition) is 4. The van der Waals surface area contributed by atoms with Gasteiger partial charge in [-0.3, -0.25) is 4.90 Å². The molecule has 0 bridgehead atoms. The van der Waals surface area contributed by atoms with Crippen molar-refractivity contribution in [3.05, 3.63) is 10.6 Å². The first-order valence-electron chi connectivity index (χ1n) is 8.04. The second-order valence-electron chi connectivity index (χ2n) is 6.33. The summed E-state index contributed by atoms with van der Waals surface area (Å²) in [5.74, 6) is 1.48. The van der Waals surface area contributed by atoms with E-state index in [0.717, 1.165) is 23.7 Å². The number of aliphatic hydroxyl groups excluding tert-OH is 1. The maximum Gasteiger partial charge on any atom is 0.199 e. The van der Waals surface area contributed by atoms with E-state index in [2.05, 4.69) is 30.9 Å². The first-order valence-corrected chi connectivity index (χ1v) is 8.45. The molecule has 1 aliphatic carbocycles. The monoisotopic (exact) mass is 312 g/mol. The normalized spacial score (nSPS) is 22.9. The third-order valence-corrected chi connectivity index (χ3v) is 4.91. The predicted molar refractivity (Wildman–Crippen MR) is 86.4 cm³/mol. The summed E-state index contributed by atoms with van der Waals surface area (Å²) in [6.07, 6.45) is 6.17. The summed E-state index contributed by atoms with van der Waals surface area (Å²) >= 11 is 5.51. The van der Waals surface area contributed by atoms with E-state index in [9.17, 15) is 5.11 Å². The molecule has 1 heterocycles. The number of hydrogen-bond donors (Lipinski definition) is 1. The Morgan fingerprint density at radius 1 is 1.43 bits per heavy atom. The highest BCUT2D eigenvalue weighted by atomic mass is 32.1. The minimum atomic E-state index is -0.0547. The van der Waals surface area contributed by atoms with E-state index in [1.54, 1.807) is 0 Å². The zero-order chi connectivity index (χ0) is 15.4. The minimum Gasteiger partial charge on any atom is -0.388 e. The summed E-state index contributed by atoms with van der Waals surface area (Å²) in [4.78, 5) is 2.36. The highest BCUT2D eigenvalue weighted by Crippen LogP contribution is 2.26. The molecule has 0 radical (unpaired) electrons. The van der Waals surface area contributed by atoms with Crippen molar-refractivity contribution in [1.82, 2.24) is 19.2 Å². The van der Waals surface area contributed by atoms with Gasteiger partial charge in [0.05, 0.1) is 6.67 Å². The lowest BCUT2D eigenvalue weighted by Gasteiger charge is -2.33. The molecule has 1 N–H and O–H groups in total. The topological polar surface area (TPSA) is 46.2 Å². The zero-order valence-corrected chi connectivity index (χ0v) is 14.3. The molecule has 0 aliphatic heterocycles. The van der Waals surface area contributed by atoms with Crippen LogP contribution in [0, 0.1) is 10.7 Å².